The van der Waals surface area contributed by atoms with Crippen LogP contribution in [0.2, 0.25) is 0 Å². The molecule has 1 saturated heterocycles. The molecule has 0 spiro atoms. The molecule has 1 aromatic carbocycles. The number of amides is 1. The Morgan fingerprint density at radius 1 is 1.50 bits per heavy atom. The summed E-state index contributed by atoms with van der Waals surface area (Å²) in [6, 6.07) is 4.70. The van der Waals surface area contributed by atoms with E-state index in [1.165, 1.54) is 30.0 Å². The fourth-order valence-electron chi connectivity index (χ4n) is 2.32. The summed E-state index contributed by atoms with van der Waals surface area (Å²) in [5.41, 5.74) is 0. The van der Waals surface area contributed by atoms with Gasteiger partial charge in [0.2, 0.25) is 0 Å². The summed E-state index contributed by atoms with van der Waals surface area (Å²) in [6.07, 6.45) is 0.264. The van der Waals surface area contributed by atoms with Crippen LogP contribution in [0.4, 0.5) is 4.39 Å². The van der Waals surface area contributed by atoms with Crippen molar-refractivity contribution in [2.24, 2.45) is 0 Å². The van der Waals surface area contributed by atoms with Crippen LogP contribution in [0.25, 0.3) is 0 Å². The van der Waals surface area contributed by atoms with Crippen LogP contribution < -0.4 is 4.74 Å². The van der Waals surface area contributed by atoms with Gasteiger partial charge in [-0.1, -0.05) is 6.07 Å². The molecule has 1 heterocycles. The lowest BCUT2D eigenvalue weighted by Crippen LogP contribution is -2.46. The maximum atomic E-state index is 13.0. The van der Waals surface area contributed by atoms with Gasteiger partial charge in [0.15, 0.2) is 6.10 Å². The summed E-state index contributed by atoms with van der Waals surface area (Å²) in [5, 5.41) is 9.06. The molecule has 1 amide bonds. The predicted octanol–water partition coefficient (Wildman–Crippen LogP) is 1.67. The summed E-state index contributed by atoms with van der Waals surface area (Å²) in [6.45, 7) is 1.94. The molecular weight excluding hydrogens is 265 g/mol. The molecule has 6 heteroatoms. The zero-order valence-corrected chi connectivity index (χ0v) is 11.1. The predicted molar refractivity (Wildman–Crippen MR) is 68.9 cm³/mol. The molecule has 108 valence electrons. The smallest absolute Gasteiger partial charge is 0.326 e. The Hall–Kier alpha value is -2.11. The van der Waals surface area contributed by atoms with Crippen molar-refractivity contribution in [1.29, 1.82) is 0 Å². The number of hydrogen-bond acceptors (Lipinski definition) is 3. The molecule has 1 N–H and O–H groups in total. The van der Waals surface area contributed by atoms with Gasteiger partial charge in [-0.3, -0.25) is 4.79 Å². The minimum atomic E-state index is -1.01. The average Bonchev–Trinajstić information content (AvgIpc) is 2.87. The van der Waals surface area contributed by atoms with Gasteiger partial charge in [0.1, 0.15) is 17.6 Å². The first kappa shape index (κ1) is 14.3. The third-order valence-electron chi connectivity index (χ3n) is 3.28. The Kier molecular flexibility index (Phi) is 4.22. The fourth-order valence-corrected chi connectivity index (χ4v) is 2.32. The van der Waals surface area contributed by atoms with Crippen LogP contribution in [-0.2, 0) is 9.59 Å². The first-order valence-corrected chi connectivity index (χ1v) is 6.44. The number of carbonyl (C=O) groups excluding carboxylic acids is 1. The topological polar surface area (TPSA) is 66.8 Å². The highest BCUT2D eigenvalue weighted by atomic mass is 19.1. The summed E-state index contributed by atoms with van der Waals surface area (Å²) in [7, 11) is 0. The normalized spacial score (nSPS) is 19.7. The number of carbonyl (C=O) groups is 2. The molecule has 1 aromatic rings. The quantitative estimate of drug-likeness (QED) is 0.911. The number of likely N-dealkylation sites (tertiary alicyclic amines) is 1. The van der Waals surface area contributed by atoms with Crippen molar-refractivity contribution in [3.05, 3.63) is 30.1 Å². The highest BCUT2D eigenvalue weighted by Gasteiger charge is 2.36. The van der Waals surface area contributed by atoms with Gasteiger partial charge < -0.3 is 14.7 Å². The van der Waals surface area contributed by atoms with Crippen molar-refractivity contribution in [2.75, 3.05) is 6.54 Å². The second-order valence-electron chi connectivity index (χ2n) is 4.75. The van der Waals surface area contributed by atoms with Crippen molar-refractivity contribution in [2.45, 2.75) is 31.9 Å². The van der Waals surface area contributed by atoms with E-state index in [9.17, 15) is 14.0 Å². The van der Waals surface area contributed by atoms with Crippen LogP contribution in [0.15, 0.2) is 24.3 Å². The number of ether oxygens (including phenoxy) is 1. The molecule has 0 unspecified atom stereocenters. The van der Waals surface area contributed by atoms with Gasteiger partial charge in [-0.25, -0.2) is 9.18 Å². The SMILES string of the molecule is C[C@@H](Oc1cccc(F)c1)C(=O)N1CCC[C@@H]1C(=O)O. The first-order valence-electron chi connectivity index (χ1n) is 6.44. The van der Waals surface area contributed by atoms with Crippen molar-refractivity contribution >= 4 is 11.9 Å². The van der Waals surface area contributed by atoms with Crippen LogP contribution in [0.1, 0.15) is 19.8 Å². The Bertz CT molecular complexity index is 520. The summed E-state index contributed by atoms with van der Waals surface area (Å²) in [5.74, 6) is -1.60. The van der Waals surface area contributed by atoms with E-state index in [0.717, 1.165) is 0 Å². The monoisotopic (exact) mass is 281 g/mol. The highest BCUT2D eigenvalue weighted by molar-refractivity contribution is 5.86. The molecule has 0 radical (unpaired) electrons. The molecule has 0 aliphatic carbocycles. The van der Waals surface area contributed by atoms with Gasteiger partial charge in [-0.2, -0.15) is 0 Å². The molecule has 2 rings (SSSR count). The maximum absolute atomic E-state index is 13.0. The maximum Gasteiger partial charge on any atom is 0.326 e. The van der Waals surface area contributed by atoms with E-state index in [0.29, 0.717) is 19.4 Å². The fraction of sp³-hybridized carbons (Fsp3) is 0.429. The van der Waals surface area contributed by atoms with Crippen LogP contribution in [0, 0.1) is 5.82 Å². The van der Waals surface area contributed by atoms with Gasteiger partial charge in [0.25, 0.3) is 5.91 Å². The van der Waals surface area contributed by atoms with Crippen LogP contribution in [0.3, 0.4) is 0 Å². The van der Waals surface area contributed by atoms with E-state index in [-0.39, 0.29) is 11.7 Å². The molecule has 1 aliphatic rings. The number of carboxylic acid groups (broad SMARTS) is 1. The zero-order valence-electron chi connectivity index (χ0n) is 11.1. The van der Waals surface area contributed by atoms with Gasteiger partial charge in [-0.15, -0.1) is 0 Å². The van der Waals surface area contributed by atoms with E-state index < -0.39 is 23.9 Å². The summed E-state index contributed by atoms with van der Waals surface area (Å²) in [4.78, 5) is 24.6. The summed E-state index contributed by atoms with van der Waals surface area (Å²) < 4.78 is 18.4. The third-order valence-corrected chi connectivity index (χ3v) is 3.28. The standard InChI is InChI=1S/C14H16FNO4/c1-9(20-11-5-2-4-10(15)8-11)13(17)16-7-3-6-12(16)14(18)19/h2,4-5,8-9,12H,3,6-7H2,1H3,(H,18,19)/t9-,12-/m1/s1. The summed E-state index contributed by atoms with van der Waals surface area (Å²) >= 11 is 0. The number of hydrogen-bond donors (Lipinski definition) is 1. The first-order chi connectivity index (χ1) is 9.49. The highest BCUT2D eigenvalue weighted by Crippen LogP contribution is 2.20. The van der Waals surface area contributed by atoms with E-state index in [1.54, 1.807) is 6.07 Å². The zero-order chi connectivity index (χ0) is 14.7. The van der Waals surface area contributed by atoms with Gasteiger partial charge in [-0.05, 0) is 31.9 Å². The Morgan fingerprint density at radius 3 is 2.90 bits per heavy atom. The van der Waals surface area contributed by atoms with Gasteiger partial charge in [0, 0.05) is 12.6 Å². The second kappa shape index (κ2) is 5.90. The molecular formula is C14H16FNO4. The molecule has 0 saturated carbocycles. The number of rotatable bonds is 4. The Morgan fingerprint density at radius 2 is 2.25 bits per heavy atom. The minimum absolute atomic E-state index is 0.247. The molecule has 5 nitrogen and oxygen atoms in total. The number of aliphatic carboxylic acids is 1. The van der Waals surface area contributed by atoms with Crippen LogP contribution in [0.5, 0.6) is 5.75 Å². The third kappa shape index (κ3) is 3.07. The minimum Gasteiger partial charge on any atom is -0.481 e. The van der Waals surface area contributed by atoms with Crippen molar-refractivity contribution in [1.82, 2.24) is 4.90 Å². The molecule has 2 atom stereocenters. The molecule has 1 fully saturated rings. The van der Waals surface area contributed by atoms with Crippen molar-refractivity contribution < 1.29 is 23.8 Å². The van der Waals surface area contributed by atoms with E-state index >= 15 is 0 Å². The molecule has 0 aromatic heterocycles. The molecule has 0 bridgehead atoms. The lowest BCUT2D eigenvalue weighted by molar-refractivity contribution is -0.150. The Labute approximate surface area is 116 Å². The number of nitrogens with zero attached hydrogens (tertiary/aromatic N) is 1. The largest absolute Gasteiger partial charge is 0.481 e. The van der Waals surface area contributed by atoms with E-state index in [1.807, 2.05) is 0 Å². The van der Waals surface area contributed by atoms with Crippen molar-refractivity contribution in [3.63, 3.8) is 0 Å². The molecule has 20 heavy (non-hydrogen) atoms. The lowest BCUT2D eigenvalue weighted by atomic mass is 10.2. The van der Waals surface area contributed by atoms with Crippen LogP contribution >= 0.6 is 0 Å². The van der Waals surface area contributed by atoms with Crippen LogP contribution in [-0.4, -0.2) is 40.6 Å². The lowest BCUT2D eigenvalue weighted by Gasteiger charge is -2.25. The average molecular weight is 281 g/mol. The van der Waals surface area contributed by atoms with E-state index in [2.05, 4.69) is 0 Å². The van der Waals surface area contributed by atoms with E-state index in [4.69, 9.17) is 9.84 Å². The number of carboxylic acids is 1. The molecule has 1 aliphatic heterocycles. The van der Waals surface area contributed by atoms with Gasteiger partial charge >= 0.3 is 5.97 Å². The Balaban J connectivity index is 2.03. The van der Waals surface area contributed by atoms with Gasteiger partial charge in [0.05, 0.1) is 0 Å². The number of benzene rings is 1. The number of halogens is 1. The second-order valence-corrected chi connectivity index (χ2v) is 4.75. The van der Waals surface area contributed by atoms with Crippen molar-refractivity contribution in [3.8, 4) is 5.75 Å².